The Kier molecular flexibility index (Phi) is 6.90. The van der Waals surface area contributed by atoms with Crippen molar-refractivity contribution in [2.45, 2.75) is 44.7 Å². The molecule has 0 N–H and O–H groups in total. The normalized spacial score (nSPS) is 16.6. The van der Waals surface area contributed by atoms with Crippen molar-refractivity contribution in [3.63, 3.8) is 0 Å². The van der Waals surface area contributed by atoms with Crippen LogP contribution in [0.25, 0.3) is 11.5 Å². The number of likely N-dealkylation sites (tertiary alicyclic amines) is 1. The lowest BCUT2D eigenvalue weighted by atomic mass is 9.98. The summed E-state index contributed by atoms with van der Waals surface area (Å²) in [5, 5.41) is 8.08. The van der Waals surface area contributed by atoms with E-state index in [4.69, 9.17) is 9.15 Å². The highest BCUT2D eigenvalue weighted by atomic mass is 19.4. The molecule has 2 aromatic carbocycles. The van der Waals surface area contributed by atoms with Crippen LogP contribution in [0.1, 0.15) is 55.5 Å². The number of hydrogen-bond acceptors (Lipinski definition) is 5. The largest absolute Gasteiger partial charge is 0.484 e. The molecule has 3 aromatic rings. The Bertz CT molecular complexity index is 1110. The van der Waals surface area contributed by atoms with Crippen molar-refractivity contribution in [2.75, 3.05) is 19.7 Å². The van der Waals surface area contributed by atoms with Crippen LogP contribution in [0, 0.1) is 0 Å². The standard InChI is InChI=1S/C25H26F3N3O3/c1-16(2)17-7-11-21(12-8-17)33-15-22(32)31-13-3-4-19(14-31)24-30-29-23(34-24)18-5-9-20(10-6-18)25(26,27)28/h5-12,16,19H,3-4,13-15H2,1-2H3. The summed E-state index contributed by atoms with van der Waals surface area (Å²) in [4.78, 5) is 14.4. The SMILES string of the molecule is CC(C)c1ccc(OCC(=O)N2CCCC(c3nnc(-c4ccc(C(F)(F)F)cc4)o3)C2)cc1. The maximum absolute atomic E-state index is 12.8. The molecule has 0 radical (unpaired) electrons. The minimum absolute atomic E-state index is 0.0611. The van der Waals surface area contributed by atoms with Crippen LogP contribution in [-0.4, -0.2) is 40.7 Å². The molecule has 2 heterocycles. The molecule has 1 atom stereocenters. The number of alkyl halides is 3. The van der Waals surface area contributed by atoms with Gasteiger partial charge in [0.05, 0.1) is 11.5 Å². The first-order valence-electron chi connectivity index (χ1n) is 11.2. The molecule has 4 rings (SSSR count). The topological polar surface area (TPSA) is 68.5 Å². The summed E-state index contributed by atoms with van der Waals surface area (Å²) >= 11 is 0. The van der Waals surface area contributed by atoms with E-state index in [-0.39, 0.29) is 24.3 Å². The van der Waals surface area contributed by atoms with E-state index in [2.05, 4.69) is 24.0 Å². The first kappa shape index (κ1) is 23.8. The van der Waals surface area contributed by atoms with Crippen LogP contribution in [0.5, 0.6) is 5.75 Å². The minimum atomic E-state index is -4.40. The van der Waals surface area contributed by atoms with Crippen molar-refractivity contribution in [1.29, 1.82) is 0 Å². The zero-order chi connectivity index (χ0) is 24.3. The highest BCUT2D eigenvalue weighted by molar-refractivity contribution is 5.78. The molecule has 180 valence electrons. The average Bonchev–Trinajstić information content (AvgIpc) is 3.33. The number of carbonyl (C=O) groups excluding carboxylic acids is 1. The Morgan fingerprint density at radius 2 is 1.82 bits per heavy atom. The van der Waals surface area contributed by atoms with E-state index in [1.54, 1.807) is 4.90 Å². The van der Waals surface area contributed by atoms with Gasteiger partial charge in [-0.05, 0) is 60.7 Å². The van der Waals surface area contributed by atoms with Crippen LogP contribution in [0.3, 0.4) is 0 Å². The molecule has 0 saturated carbocycles. The molecule has 34 heavy (non-hydrogen) atoms. The summed E-state index contributed by atoms with van der Waals surface area (Å²) < 4.78 is 49.7. The first-order valence-corrected chi connectivity index (χ1v) is 11.2. The summed E-state index contributed by atoms with van der Waals surface area (Å²) in [5.74, 6) is 1.33. The van der Waals surface area contributed by atoms with E-state index in [1.807, 2.05) is 24.3 Å². The van der Waals surface area contributed by atoms with E-state index < -0.39 is 11.7 Å². The Hall–Kier alpha value is -3.36. The van der Waals surface area contributed by atoms with Gasteiger partial charge in [0.15, 0.2) is 6.61 Å². The Morgan fingerprint density at radius 3 is 2.47 bits per heavy atom. The summed E-state index contributed by atoms with van der Waals surface area (Å²) in [7, 11) is 0. The Balaban J connectivity index is 1.35. The van der Waals surface area contributed by atoms with Gasteiger partial charge in [-0.15, -0.1) is 10.2 Å². The van der Waals surface area contributed by atoms with E-state index in [0.29, 0.717) is 36.2 Å². The van der Waals surface area contributed by atoms with Gasteiger partial charge < -0.3 is 14.1 Å². The third kappa shape index (κ3) is 5.58. The number of aromatic nitrogens is 2. The van der Waals surface area contributed by atoms with E-state index >= 15 is 0 Å². The minimum Gasteiger partial charge on any atom is -0.484 e. The van der Waals surface area contributed by atoms with Gasteiger partial charge in [0.25, 0.3) is 5.91 Å². The van der Waals surface area contributed by atoms with Gasteiger partial charge in [-0.25, -0.2) is 0 Å². The second-order valence-corrected chi connectivity index (χ2v) is 8.71. The summed E-state index contributed by atoms with van der Waals surface area (Å²) in [6, 6.07) is 12.3. The summed E-state index contributed by atoms with van der Waals surface area (Å²) in [5.41, 5.74) is 0.871. The van der Waals surface area contributed by atoms with Gasteiger partial charge in [-0.3, -0.25) is 4.79 Å². The number of ether oxygens (including phenoxy) is 1. The van der Waals surface area contributed by atoms with Crippen molar-refractivity contribution >= 4 is 5.91 Å². The van der Waals surface area contributed by atoms with Crippen molar-refractivity contribution in [2.24, 2.45) is 0 Å². The molecule has 6 nitrogen and oxygen atoms in total. The molecule has 1 aliphatic heterocycles. The van der Waals surface area contributed by atoms with Gasteiger partial charge in [-0.2, -0.15) is 13.2 Å². The molecule has 9 heteroatoms. The van der Waals surface area contributed by atoms with Crippen molar-refractivity contribution < 1.29 is 27.1 Å². The molecule has 1 amide bonds. The molecule has 0 bridgehead atoms. The number of rotatable bonds is 6. The second-order valence-electron chi connectivity index (χ2n) is 8.71. The number of piperidine rings is 1. The molecule has 1 saturated heterocycles. The Morgan fingerprint density at radius 1 is 1.12 bits per heavy atom. The second kappa shape index (κ2) is 9.87. The average molecular weight is 473 g/mol. The molecular weight excluding hydrogens is 447 g/mol. The van der Waals surface area contributed by atoms with Crippen molar-refractivity contribution in [1.82, 2.24) is 15.1 Å². The number of benzene rings is 2. The van der Waals surface area contributed by atoms with Crippen molar-refractivity contribution in [3.8, 4) is 17.2 Å². The van der Waals surface area contributed by atoms with Gasteiger partial charge in [-0.1, -0.05) is 26.0 Å². The zero-order valence-corrected chi connectivity index (χ0v) is 19.0. The van der Waals surface area contributed by atoms with Crippen LogP contribution >= 0.6 is 0 Å². The van der Waals surface area contributed by atoms with Gasteiger partial charge in [0.1, 0.15) is 5.75 Å². The molecule has 1 fully saturated rings. The predicted octanol–water partition coefficient (Wildman–Crippen LogP) is 5.66. The van der Waals surface area contributed by atoms with Crippen molar-refractivity contribution in [3.05, 3.63) is 65.5 Å². The lowest BCUT2D eigenvalue weighted by Gasteiger charge is -2.31. The summed E-state index contributed by atoms with van der Waals surface area (Å²) in [6.45, 7) is 5.20. The lowest BCUT2D eigenvalue weighted by Crippen LogP contribution is -2.41. The smallest absolute Gasteiger partial charge is 0.416 e. The van der Waals surface area contributed by atoms with Crippen LogP contribution in [-0.2, 0) is 11.0 Å². The van der Waals surface area contributed by atoms with E-state index in [9.17, 15) is 18.0 Å². The maximum Gasteiger partial charge on any atom is 0.416 e. The van der Waals surface area contributed by atoms with Gasteiger partial charge >= 0.3 is 6.18 Å². The number of hydrogen-bond donors (Lipinski definition) is 0. The Labute approximate surface area is 195 Å². The van der Waals surface area contributed by atoms with Crippen LogP contribution in [0.15, 0.2) is 52.9 Å². The number of carbonyl (C=O) groups is 1. The molecular formula is C25H26F3N3O3. The number of nitrogens with zero attached hydrogens (tertiary/aromatic N) is 3. The molecule has 1 unspecified atom stereocenters. The molecule has 0 spiro atoms. The number of amides is 1. The fourth-order valence-corrected chi connectivity index (χ4v) is 3.91. The molecule has 1 aliphatic rings. The van der Waals surface area contributed by atoms with Gasteiger partial charge in [0, 0.05) is 18.7 Å². The van der Waals surface area contributed by atoms with Crippen LogP contribution in [0.4, 0.5) is 13.2 Å². The summed E-state index contributed by atoms with van der Waals surface area (Å²) in [6.07, 6.45) is -2.86. The maximum atomic E-state index is 12.8. The monoisotopic (exact) mass is 473 g/mol. The lowest BCUT2D eigenvalue weighted by molar-refractivity contribution is -0.137. The predicted molar refractivity (Wildman–Crippen MR) is 119 cm³/mol. The van der Waals surface area contributed by atoms with Gasteiger partial charge in [0.2, 0.25) is 11.8 Å². The highest BCUT2D eigenvalue weighted by Crippen LogP contribution is 2.32. The van der Waals surface area contributed by atoms with Crippen LogP contribution in [0.2, 0.25) is 0 Å². The first-order chi connectivity index (χ1) is 16.2. The molecule has 1 aromatic heterocycles. The number of halogens is 3. The fraction of sp³-hybridized carbons (Fsp3) is 0.400. The third-order valence-electron chi connectivity index (χ3n) is 5.93. The fourth-order valence-electron chi connectivity index (χ4n) is 3.91. The zero-order valence-electron chi connectivity index (χ0n) is 19.0. The van der Waals surface area contributed by atoms with Crippen LogP contribution < -0.4 is 4.74 Å². The highest BCUT2D eigenvalue weighted by Gasteiger charge is 2.31. The van der Waals surface area contributed by atoms with E-state index in [0.717, 1.165) is 25.0 Å². The third-order valence-corrected chi connectivity index (χ3v) is 5.93. The molecule has 0 aliphatic carbocycles. The quantitative estimate of drug-likeness (QED) is 0.462. The van der Waals surface area contributed by atoms with E-state index in [1.165, 1.54) is 17.7 Å².